The topological polar surface area (TPSA) is 68.5 Å². The van der Waals surface area contributed by atoms with Crippen molar-refractivity contribution in [3.8, 4) is 17.1 Å². The predicted molar refractivity (Wildman–Crippen MR) is 107 cm³/mol. The Morgan fingerprint density at radius 1 is 1.18 bits per heavy atom. The van der Waals surface area contributed by atoms with Gasteiger partial charge < -0.3 is 14.2 Å². The maximum Gasteiger partial charge on any atom is 0.254 e. The largest absolute Gasteiger partial charge is 0.490 e. The van der Waals surface area contributed by atoms with Gasteiger partial charge >= 0.3 is 0 Å². The van der Waals surface area contributed by atoms with Gasteiger partial charge in [-0.25, -0.2) is 0 Å². The Morgan fingerprint density at radius 2 is 1.89 bits per heavy atom. The lowest BCUT2D eigenvalue weighted by molar-refractivity contribution is 0.0734. The summed E-state index contributed by atoms with van der Waals surface area (Å²) in [7, 11) is 0. The first-order chi connectivity index (χ1) is 13.6. The first-order valence-corrected chi connectivity index (χ1v) is 9.13. The fourth-order valence-corrected chi connectivity index (χ4v) is 2.66. The first kappa shape index (κ1) is 19.4. The van der Waals surface area contributed by atoms with Crippen molar-refractivity contribution in [2.45, 2.75) is 20.4 Å². The van der Waals surface area contributed by atoms with Gasteiger partial charge in [-0.05, 0) is 38.1 Å². The maximum absolute atomic E-state index is 12.8. The summed E-state index contributed by atoms with van der Waals surface area (Å²) in [6, 6.07) is 14.9. The zero-order chi connectivity index (χ0) is 19.9. The minimum atomic E-state index is -0.104. The minimum Gasteiger partial charge on any atom is -0.490 e. The van der Waals surface area contributed by atoms with Gasteiger partial charge in [-0.1, -0.05) is 47.6 Å². The quantitative estimate of drug-likeness (QED) is 0.548. The molecule has 0 saturated heterocycles. The fraction of sp³-hybridized carbons (Fsp3) is 0.227. The number of carbonyl (C=O) groups excluding carboxylic acids is 1. The molecule has 6 nitrogen and oxygen atoms in total. The molecule has 6 heteroatoms. The number of amides is 1. The molecule has 3 aromatic rings. The number of aromatic nitrogens is 2. The summed E-state index contributed by atoms with van der Waals surface area (Å²) >= 11 is 0. The van der Waals surface area contributed by atoms with Crippen LogP contribution in [-0.2, 0) is 6.54 Å². The molecule has 0 aliphatic heterocycles. The highest BCUT2D eigenvalue weighted by atomic mass is 16.5. The molecule has 144 valence electrons. The van der Waals surface area contributed by atoms with Crippen LogP contribution < -0.4 is 4.74 Å². The SMILES string of the molecule is C=CCOc1ccc(C(=O)N(CC)Cc2nc(-c3ccc(C)cc3)no2)cc1. The maximum atomic E-state index is 12.8. The Labute approximate surface area is 164 Å². The third-order valence-electron chi connectivity index (χ3n) is 4.24. The number of rotatable bonds is 8. The van der Waals surface area contributed by atoms with Gasteiger partial charge in [0.25, 0.3) is 5.91 Å². The number of ether oxygens (including phenoxy) is 1. The van der Waals surface area contributed by atoms with Crippen LogP contribution in [0, 0.1) is 6.92 Å². The second-order valence-corrected chi connectivity index (χ2v) is 6.32. The Morgan fingerprint density at radius 3 is 2.54 bits per heavy atom. The molecule has 1 aromatic heterocycles. The second-order valence-electron chi connectivity index (χ2n) is 6.32. The zero-order valence-electron chi connectivity index (χ0n) is 16.1. The molecule has 0 N–H and O–H groups in total. The van der Waals surface area contributed by atoms with E-state index in [-0.39, 0.29) is 12.5 Å². The Bertz CT molecular complexity index is 930. The van der Waals surface area contributed by atoms with E-state index in [1.54, 1.807) is 35.2 Å². The van der Waals surface area contributed by atoms with Crippen LogP contribution >= 0.6 is 0 Å². The van der Waals surface area contributed by atoms with E-state index in [1.165, 1.54) is 0 Å². The van der Waals surface area contributed by atoms with Gasteiger partial charge in [0.2, 0.25) is 11.7 Å². The fourth-order valence-electron chi connectivity index (χ4n) is 2.66. The van der Waals surface area contributed by atoms with E-state index in [2.05, 4.69) is 16.7 Å². The summed E-state index contributed by atoms with van der Waals surface area (Å²) in [6.45, 7) is 8.75. The van der Waals surface area contributed by atoms with Gasteiger partial charge in [-0.2, -0.15) is 4.98 Å². The average Bonchev–Trinajstić information content (AvgIpc) is 3.19. The molecule has 0 radical (unpaired) electrons. The predicted octanol–water partition coefficient (Wildman–Crippen LogP) is 4.27. The van der Waals surface area contributed by atoms with Gasteiger partial charge in [0.05, 0.1) is 0 Å². The summed E-state index contributed by atoms with van der Waals surface area (Å²) in [4.78, 5) is 18.9. The molecule has 2 aromatic carbocycles. The standard InChI is InChI=1S/C22H23N3O3/c1-4-14-27-19-12-10-18(11-13-19)22(26)25(5-2)15-20-23-21(24-28-20)17-8-6-16(3)7-9-17/h4,6-13H,1,5,14-15H2,2-3H3. The lowest BCUT2D eigenvalue weighted by Crippen LogP contribution is -2.30. The van der Waals surface area contributed by atoms with Gasteiger partial charge in [0.15, 0.2) is 0 Å². The van der Waals surface area contributed by atoms with E-state index in [1.807, 2.05) is 38.1 Å². The first-order valence-electron chi connectivity index (χ1n) is 9.13. The Kier molecular flexibility index (Phi) is 6.22. The van der Waals surface area contributed by atoms with E-state index in [9.17, 15) is 4.79 Å². The van der Waals surface area contributed by atoms with Gasteiger partial charge in [0, 0.05) is 17.7 Å². The van der Waals surface area contributed by atoms with E-state index >= 15 is 0 Å². The van der Waals surface area contributed by atoms with Crippen LogP contribution in [0.25, 0.3) is 11.4 Å². The van der Waals surface area contributed by atoms with Crippen molar-refractivity contribution < 1.29 is 14.1 Å². The van der Waals surface area contributed by atoms with Crippen LogP contribution in [0.3, 0.4) is 0 Å². The number of hydrogen-bond acceptors (Lipinski definition) is 5. The number of nitrogens with zero attached hydrogens (tertiary/aromatic N) is 3. The normalized spacial score (nSPS) is 10.5. The lowest BCUT2D eigenvalue weighted by Gasteiger charge is -2.19. The second kappa shape index (κ2) is 8.99. The van der Waals surface area contributed by atoms with Crippen LogP contribution in [0.2, 0.25) is 0 Å². The summed E-state index contributed by atoms with van der Waals surface area (Å²) < 4.78 is 10.8. The van der Waals surface area contributed by atoms with Crippen molar-refractivity contribution in [1.82, 2.24) is 15.0 Å². The van der Waals surface area contributed by atoms with Crippen LogP contribution in [0.5, 0.6) is 5.75 Å². The van der Waals surface area contributed by atoms with E-state index in [0.29, 0.717) is 36.2 Å². The van der Waals surface area contributed by atoms with Crippen LogP contribution in [0.4, 0.5) is 0 Å². The number of benzene rings is 2. The summed E-state index contributed by atoms with van der Waals surface area (Å²) in [5.74, 6) is 1.51. The Balaban J connectivity index is 1.69. The average molecular weight is 377 g/mol. The van der Waals surface area contributed by atoms with E-state index in [4.69, 9.17) is 9.26 Å². The van der Waals surface area contributed by atoms with Crippen molar-refractivity contribution in [2.75, 3.05) is 13.2 Å². The third kappa shape index (κ3) is 4.65. The molecule has 0 bridgehead atoms. The smallest absolute Gasteiger partial charge is 0.254 e. The molecular formula is C22H23N3O3. The lowest BCUT2D eigenvalue weighted by atomic mass is 10.1. The van der Waals surface area contributed by atoms with Crippen molar-refractivity contribution in [3.05, 3.63) is 78.2 Å². The summed E-state index contributed by atoms with van der Waals surface area (Å²) in [5.41, 5.74) is 2.62. The zero-order valence-corrected chi connectivity index (χ0v) is 16.1. The molecule has 0 aliphatic carbocycles. The van der Waals surface area contributed by atoms with Crippen LogP contribution in [0.15, 0.2) is 65.7 Å². The third-order valence-corrected chi connectivity index (χ3v) is 4.24. The molecule has 0 saturated carbocycles. The van der Waals surface area contributed by atoms with Crippen LogP contribution in [0.1, 0.15) is 28.7 Å². The molecule has 1 heterocycles. The highest BCUT2D eigenvalue weighted by Crippen LogP contribution is 2.18. The number of carbonyl (C=O) groups is 1. The molecule has 0 aliphatic rings. The van der Waals surface area contributed by atoms with E-state index < -0.39 is 0 Å². The molecule has 0 unspecified atom stereocenters. The summed E-state index contributed by atoms with van der Waals surface area (Å²) in [5, 5.41) is 4.03. The monoisotopic (exact) mass is 377 g/mol. The Hall–Kier alpha value is -3.41. The van der Waals surface area contributed by atoms with E-state index in [0.717, 1.165) is 11.1 Å². The molecular weight excluding hydrogens is 354 g/mol. The molecule has 0 spiro atoms. The van der Waals surface area contributed by atoms with Crippen molar-refractivity contribution in [2.24, 2.45) is 0 Å². The summed E-state index contributed by atoms with van der Waals surface area (Å²) in [6.07, 6.45) is 1.67. The molecule has 0 atom stereocenters. The molecule has 3 rings (SSSR count). The number of hydrogen-bond donors (Lipinski definition) is 0. The minimum absolute atomic E-state index is 0.104. The molecule has 1 amide bonds. The highest BCUT2D eigenvalue weighted by molar-refractivity contribution is 5.94. The van der Waals surface area contributed by atoms with Crippen molar-refractivity contribution in [1.29, 1.82) is 0 Å². The van der Waals surface area contributed by atoms with Crippen molar-refractivity contribution in [3.63, 3.8) is 0 Å². The number of aryl methyl sites for hydroxylation is 1. The molecule has 28 heavy (non-hydrogen) atoms. The van der Waals surface area contributed by atoms with Crippen molar-refractivity contribution >= 4 is 5.91 Å². The van der Waals surface area contributed by atoms with Gasteiger partial charge in [-0.15, -0.1) is 0 Å². The van der Waals surface area contributed by atoms with Crippen LogP contribution in [-0.4, -0.2) is 34.1 Å². The van der Waals surface area contributed by atoms with Gasteiger partial charge in [0.1, 0.15) is 18.9 Å². The van der Waals surface area contributed by atoms with Gasteiger partial charge in [-0.3, -0.25) is 4.79 Å². The molecule has 0 fully saturated rings. The highest BCUT2D eigenvalue weighted by Gasteiger charge is 2.18.